The van der Waals surface area contributed by atoms with Gasteiger partial charge in [0, 0.05) is 39.3 Å². The number of carbonyl (C=O) groups is 1. The topological polar surface area (TPSA) is 57.7 Å². The molecule has 1 aromatic heterocycles. The second-order valence-electron chi connectivity index (χ2n) is 6.98. The molecule has 0 bridgehead atoms. The number of piperazine rings is 1. The Morgan fingerprint density at radius 3 is 2.53 bits per heavy atom. The van der Waals surface area contributed by atoms with Crippen LogP contribution in [0.3, 0.4) is 0 Å². The van der Waals surface area contributed by atoms with Crippen LogP contribution in [0.4, 0.5) is 13.9 Å². The van der Waals surface area contributed by atoms with Gasteiger partial charge in [-0.25, -0.2) is 13.8 Å². The summed E-state index contributed by atoms with van der Waals surface area (Å²) in [7, 11) is 1.64. The number of amides is 1. The maximum atomic E-state index is 13.7. The van der Waals surface area contributed by atoms with Crippen molar-refractivity contribution in [1.29, 1.82) is 0 Å². The number of fused-ring (bicyclic) bond motifs is 1. The molecule has 2 heterocycles. The molecule has 30 heavy (non-hydrogen) atoms. The largest absolute Gasteiger partial charge is 0.494 e. The van der Waals surface area contributed by atoms with E-state index in [1.807, 2.05) is 18.2 Å². The van der Waals surface area contributed by atoms with Gasteiger partial charge in [-0.15, -0.1) is 0 Å². The molecule has 0 radical (unpaired) electrons. The molecule has 0 spiro atoms. The van der Waals surface area contributed by atoms with E-state index >= 15 is 0 Å². The monoisotopic (exact) mass is 432 g/mol. The summed E-state index contributed by atoms with van der Waals surface area (Å²) in [5.41, 5.74) is 0.346. The average Bonchev–Trinajstić information content (AvgIpc) is 3.18. The third-order valence-electron chi connectivity index (χ3n) is 5.14. The molecule has 4 rings (SSSR count). The van der Waals surface area contributed by atoms with Crippen LogP contribution in [0.2, 0.25) is 0 Å². The number of anilines is 1. The van der Waals surface area contributed by atoms with Crippen LogP contribution in [0.5, 0.6) is 5.75 Å². The van der Waals surface area contributed by atoms with Crippen molar-refractivity contribution in [2.75, 3.05) is 51.3 Å². The number of aromatic nitrogens is 1. The van der Waals surface area contributed by atoms with Crippen molar-refractivity contribution < 1.29 is 18.3 Å². The summed E-state index contributed by atoms with van der Waals surface area (Å²) in [6.07, 6.45) is 0. The van der Waals surface area contributed by atoms with Crippen molar-refractivity contribution in [1.82, 2.24) is 15.2 Å². The second-order valence-corrected chi connectivity index (χ2v) is 7.99. The van der Waals surface area contributed by atoms with E-state index in [9.17, 15) is 13.6 Å². The first-order valence-electron chi connectivity index (χ1n) is 9.70. The lowest BCUT2D eigenvalue weighted by Gasteiger charge is -2.34. The van der Waals surface area contributed by atoms with Gasteiger partial charge in [-0.3, -0.25) is 9.69 Å². The highest BCUT2D eigenvalue weighted by Gasteiger charge is 2.21. The second kappa shape index (κ2) is 8.93. The molecule has 0 saturated carbocycles. The van der Waals surface area contributed by atoms with E-state index in [1.54, 1.807) is 18.4 Å². The van der Waals surface area contributed by atoms with E-state index in [4.69, 9.17) is 9.72 Å². The highest BCUT2D eigenvalue weighted by molar-refractivity contribution is 7.22. The van der Waals surface area contributed by atoms with Crippen molar-refractivity contribution >= 4 is 32.6 Å². The van der Waals surface area contributed by atoms with Gasteiger partial charge in [0.2, 0.25) is 0 Å². The summed E-state index contributed by atoms with van der Waals surface area (Å²) in [5.74, 6) is -1.66. The van der Waals surface area contributed by atoms with E-state index in [-0.39, 0.29) is 0 Å². The number of para-hydroxylation sites is 1. The predicted molar refractivity (Wildman–Crippen MR) is 114 cm³/mol. The molecule has 9 heteroatoms. The van der Waals surface area contributed by atoms with Crippen molar-refractivity contribution in [3.63, 3.8) is 0 Å². The number of hydrogen-bond donors (Lipinski definition) is 1. The van der Waals surface area contributed by atoms with E-state index < -0.39 is 23.1 Å². The molecule has 2 aromatic carbocycles. The van der Waals surface area contributed by atoms with Crippen LogP contribution in [0, 0.1) is 11.6 Å². The number of benzene rings is 2. The van der Waals surface area contributed by atoms with Crippen LogP contribution in [0.25, 0.3) is 10.2 Å². The summed E-state index contributed by atoms with van der Waals surface area (Å²) in [6, 6.07) is 9.30. The molecule has 0 aliphatic carbocycles. The first kappa shape index (κ1) is 20.5. The molecule has 158 valence electrons. The third-order valence-corrected chi connectivity index (χ3v) is 6.22. The lowest BCUT2D eigenvalue weighted by molar-refractivity contribution is 0.0939. The fourth-order valence-electron chi connectivity index (χ4n) is 3.50. The van der Waals surface area contributed by atoms with Gasteiger partial charge in [0.05, 0.1) is 11.8 Å². The van der Waals surface area contributed by atoms with Gasteiger partial charge in [0.25, 0.3) is 5.91 Å². The van der Waals surface area contributed by atoms with Crippen molar-refractivity contribution in [3.05, 3.63) is 53.6 Å². The zero-order valence-electron chi connectivity index (χ0n) is 16.5. The van der Waals surface area contributed by atoms with E-state index in [2.05, 4.69) is 15.1 Å². The molecule has 1 aliphatic rings. The highest BCUT2D eigenvalue weighted by Crippen LogP contribution is 2.34. The molecular weight excluding hydrogens is 410 g/mol. The summed E-state index contributed by atoms with van der Waals surface area (Å²) in [6.45, 7) is 4.21. The molecule has 1 amide bonds. The minimum Gasteiger partial charge on any atom is -0.494 e. The predicted octanol–water partition coefficient (Wildman–Crippen LogP) is 3.14. The fraction of sp³-hybridized carbons (Fsp3) is 0.333. The van der Waals surface area contributed by atoms with Crippen molar-refractivity contribution in [2.45, 2.75) is 0 Å². The minimum absolute atomic E-state index is 0.324. The number of hydrogen-bond acceptors (Lipinski definition) is 6. The standard InChI is InChI=1S/C21H22F2N4O2S/c1-29-16-6-3-7-17-19(16)25-21(30-17)27-12-10-26(11-13-27)9-8-24-20(28)18-14(22)4-2-5-15(18)23/h2-7H,8-13H2,1H3,(H,24,28). The Kier molecular flexibility index (Phi) is 6.10. The van der Waals surface area contributed by atoms with E-state index in [0.29, 0.717) is 13.1 Å². The number of carbonyl (C=O) groups excluding carboxylic acids is 1. The summed E-state index contributed by atoms with van der Waals surface area (Å²) in [5, 5.41) is 3.57. The summed E-state index contributed by atoms with van der Waals surface area (Å²) >= 11 is 1.64. The van der Waals surface area contributed by atoms with E-state index in [1.165, 1.54) is 6.07 Å². The number of nitrogens with zero attached hydrogens (tertiary/aromatic N) is 3. The lowest BCUT2D eigenvalue weighted by Crippen LogP contribution is -2.48. The Balaban J connectivity index is 1.28. The highest BCUT2D eigenvalue weighted by atomic mass is 32.1. The molecule has 1 aliphatic heterocycles. The number of rotatable bonds is 6. The van der Waals surface area contributed by atoms with Gasteiger partial charge in [-0.2, -0.15) is 0 Å². The summed E-state index contributed by atoms with van der Waals surface area (Å²) < 4.78 is 33.8. The zero-order chi connectivity index (χ0) is 21.1. The number of ether oxygens (including phenoxy) is 1. The van der Waals surface area contributed by atoms with Crippen LogP contribution in [0.1, 0.15) is 10.4 Å². The number of thiazole rings is 1. The first-order chi connectivity index (χ1) is 14.6. The van der Waals surface area contributed by atoms with E-state index in [0.717, 1.165) is 59.4 Å². The van der Waals surface area contributed by atoms with Crippen molar-refractivity contribution in [2.24, 2.45) is 0 Å². The normalized spacial score (nSPS) is 14.8. The Labute approximate surface area is 177 Å². The van der Waals surface area contributed by atoms with Gasteiger partial charge in [0.15, 0.2) is 5.13 Å². The maximum absolute atomic E-state index is 13.7. The van der Waals surface area contributed by atoms with Crippen LogP contribution < -0.4 is 15.0 Å². The first-order valence-corrected chi connectivity index (χ1v) is 10.5. The molecule has 1 fully saturated rings. The molecule has 1 saturated heterocycles. The lowest BCUT2D eigenvalue weighted by atomic mass is 10.2. The third kappa shape index (κ3) is 4.22. The van der Waals surface area contributed by atoms with Gasteiger partial charge < -0.3 is 15.0 Å². The van der Waals surface area contributed by atoms with Crippen molar-refractivity contribution in [3.8, 4) is 5.75 Å². The van der Waals surface area contributed by atoms with Crippen LogP contribution in [-0.4, -0.2) is 62.2 Å². The van der Waals surface area contributed by atoms with Gasteiger partial charge in [-0.05, 0) is 24.3 Å². The van der Waals surface area contributed by atoms with Gasteiger partial charge in [0.1, 0.15) is 28.5 Å². The van der Waals surface area contributed by atoms with Crippen LogP contribution >= 0.6 is 11.3 Å². The molecule has 0 unspecified atom stereocenters. The summed E-state index contributed by atoms with van der Waals surface area (Å²) in [4.78, 5) is 21.3. The molecular formula is C21H22F2N4O2S. The number of halogens is 2. The number of nitrogens with one attached hydrogen (secondary N) is 1. The quantitative estimate of drug-likeness (QED) is 0.649. The SMILES string of the molecule is COc1cccc2sc(N3CCN(CCNC(=O)c4c(F)cccc4F)CC3)nc12. The zero-order valence-corrected chi connectivity index (χ0v) is 17.3. The molecule has 6 nitrogen and oxygen atoms in total. The molecule has 1 N–H and O–H groups in total. The Morgan fingerprint density at radius 2 is 1.83 bits per heavy atom. The smallest absolute Gasteiger partial charge is 0.257 e. The van der Waals surface area contributed by atoms with Gasteiger partial charge >= 0.3 is 0 Å². The molecule has 0 atom stereocenters. The Bertz CT molecular complexity index is 1030. The minimum atomic E-state index is -0.853. The average molecular weight is 432 g/mol. The Hall–Kier alpha value is -2.78. The fourth-order valence-corrected chi connectivity index (χ4v) is 4.54. The Morgan fingerprint density at radius 1 is 1.13 bits per heavy atom. The number of methoxy groups -OCH3 is 1. The maximum Gasteiger partial charge on any atom is 0.257 e. The van der Waals surface area contributed by atoms with Crippen LogP contribution in [0.15, 0.2) is 36.4 Å². The van der Waals surface area contributed by atoms with Crippen LogP contribution in [-0.2, 0) is 0 Å². The molecule has 3 aromatic rings. The van der Waals surface area contributed by atoms with Gasteiger partial charge in [-0.1, -0.05) is 23.5 Å².